The molecule has 0 aliphatic carbocycles. The Balaban J connectivity index is 1.47. The summed E-state index contributed by atoms with van der Waals surface area (Å²) in [6.07, 6.45) is 3.62. The minimum atomic E-state index is 0.798. The van der Waals surface area contributed by atoms with Gasteiger partial charge in [0.05, 0.1) is 50.5 Å². The molecule has 44 heavy (non-hydrogen) atoms. The number of aromatic nitrogens is 5. The van der Waals surface area contributed by atoms with E-state index in [2.05, 4.69) is 122 Å². The lowest BCUT2D eigenvalue weighted by atomic mass is 10.1. The van der Waals surface area contributed by atoms with E-state index in [1.807, 2.05) is 48.8 Å². The van der Waals surface area contributed by atoms with Gasteiger partial charge < -0.3 is 9.13 Å². The van der Waals surface area contributed by atoms with Gasteiger partial charge in [-0.25, -0.2) is 4.98 Å². The molecule has 9 aromatic rings. The summed E-state index contributed by atoms with van der Waals surface area (Å²) in [5, 5.41) is 4.81. The van der Waals surface area contributed by atoms with E-state index in [0.717, 1.165) is 45.2 Å². The Kier molecular flexibility index (Phi) is 5.43. The Labute approximate surface area is 253 Å². The van der Waals surface area contributed by atoms with Crippen LogP contribution in [0.5, 0.6) is 0 Å². The molecule has 0 saturated carbocycles. The molecule has 0 aliphatic rings. The van der Waals surface area contributed by atoms with Crippen LogP contribution >= 0.6 is 0 Å². The van der Waals surface area contributed by atoms with Crippen LogP contribution in [0.25, 0.3) is 77.8 Å². The molecule has 0 atom stereocenters. The molecular formula is C39H25N5. The van der Waals surface area contributed by atoms with E-state index in [1.165, 1.54) is 32.6 Å². The largest absolute Gasteiger partial charge is 0.307 e. The molecule has 206 valence electrons. The maximum atomic E-state index is 5.06. The number of para-hydroxylation sites is 2. The number of fused-ring (bicyclic) bond motifs is 7. The van der Waals surface area contributed by atoms with Crippen LogP contribution in [0.2, 0.25) is 0 Å². The molecular weight excluding hydrogens is 538 g/mol. The number of hydrogen-bond acceptors (Lipinski definition) is 3. The Morgan fingerprint density at radius 2 is 1.00 bits per heavy atom. The molecule has 5 heteroatoms. The van der Waals surface area contributed by atoms with Gasteiger partial charge >= 0.3 is 0 Å². The monoisotopic (exact) mass is 563 g/mol. The minimum absolute atomic E-state index is 0.798. The predicted octanol–water partition coefficient (Wildman–Crippen LogP) is 9.40. The molecule has 0 unspecified atom stereocenters. The van der Waals surface area contributed by atoms with Crippen LogP contribution < -0.4 is 0 Å². The highest BCUT2D eigenvalue weighted by molar-refractivity contribution is 6.24. The predicted molar refractivity (Wildman–Crippen MR) is 179 cm³/mol. The van der Waals surface area contributed by atoms with Gasteiger partial charge in [-0.2, -0.15) is 0 Å². The van der Waals surface area contributed by atoms with E-state index in [9.17, 15) is 0 Å². The second-order valence-corrected chi connectivity index (χ2v) is 10.9. The fourth-order valence-corrected chi connectivity index (χ4v) is 6.54. The lowest BCUT2D eigenvalue weighted by Gasteiger charge is -2.13. The molecule has 0 aliphatic heterocycles. The zero-order valence-corrected chi connectivity index (χ0v) is 23.7. The molecule has 0 fully saturated rings. The second kappa shape index (κ2) is 9.75. The summed E-state index contributed by atoms with van der Waals surface area (Å²) in [6.45, 7) is 0. The van der Waals surface area contributed by atoms with Gasteiger partial charge in [-0.3, -0.25) is 9.97 Å². The maximum Gasteiger partial charge on any atom is 0.0915 e. The zero-order chi connectivity index (χ0) is 29.0. The first-order chi connectivity index (χ1) is 21.8. The van der Waals surface area contributed by atoms with E-state index in [1.54, 1.807) is 0 Å². The number of nitrogens with zero attached hydrogens (tertiary/aromatic N) is 5. The number of benzene rings is 4. The molecule has 0 amide bonds. The Hall–Kier alpha value is -6.07. The summed E-state index contributed by atoms with van der Waals surface area (Å²) in [4.78, 5) is 14.4. The SMILES string of the molecule is c1ccc(-n2c3c4ccccc4ccc3c3c2c2ccccc2n3-c2cc(-c3ccccn3)nc(-c3ccccn3)c2)cc1. The van der Waals surface area contributed by atoms with Crippen molar-refractivity contribution in [3.63, 3.8) is 0 Å². The van der Waals surface area contributed by atoms with Crippen LogP contribution in [0.1, 0.15) is 0 Å². The van der Waals surface area contributed by atoms with Gasteiger partial charge in [0.15, 0.2) is 0 Å². The quantitative estimate of drug-likeness (QED) is 0.214. The third kappa shape index (κ3) is 3.69. The van der Waals surface area contributed by atoms with Crippen LogP contribution in [0, 0.1) is 0 Å². The van der Waals surface area contributed by atoms with E-state index in [0.29, 0.717) is 0 Å². The number of hydrogen-bond donors (Lipinski definition) is 0. The van der Waals surface area contributed by atoms with E-state index >= 15 is 0 Å². The smallest absolute Gasteiger partial charge is 0.0915 e. The lowest BCUT2D eigenvalue weighted by Crippen LogP contribution is -1.99. The number of rotatable bonds is 4. The summed E-state index contributed by atoms with van der Waals surface area (Å²) >= 11 is 0. The van der Waals surface area contributed by atoms with Crippen molar-refractivity contribution in [2.45, 2.75) is 0 Å². The van der Waals surface area contributed by atoms with Gasteiger partial charge in [-0.05, 0) is 60.0 Å². The van der Waals surface area contributed by atoms with Crippen molar-refractivity contribution in [2.75, 3.05) is 0 Å². The molecule has 0 spiro atoms. The van der Waals surface area contributed by atoms with Gasteiger partial charge in [-0.1, -0.05) is 84.9 Å². The summed E-state index contributed by atoms with van der Waals surface area (Å²) in [7, 11) is 0. The zero-order valence-electron chi connectivity index (χ0n) is 23.7. The maximum absolute atomic E-state index is 5.06. The van der Waals surface area contributed by atoms with Crippen molar-refractivity contribution in [2.24, 2.45) is 0 Å². The van der Waals surface area contributed by atoms with Crippen molar-refractivity contribution < 1.29 is 0 Å². The van der Waals surface area contributed by atoms with E-state index < -0.39 is 0 Å². The third-order valence-electron chi connectivity index (χ3n) is 8.39. The van der Waals surface area contributed by atoms with E-state index in [4.69, 9.17) is 4.98 Å². The molecule has 0 N–H and O–H groups in total. The number of pyridine rings is 3. The van der Waals surface area contributed by atoms with Crippen LogP contribution in [-0.2, 0) is 0 Å². The van der Waals surface area contributed by atoms with Crippen molar-refractivity contribution in [3.8, 4) is 34.2 Å². The average Bonchev–Trinajstić information content (AvgIpc) is 3.62. The average molecular weight is 564 g/mol. The normalized spacial score (nSPS) is 11.6. The van der Waals surface area contributed by atoms with Gasteiger partial charge in [-0.15, -0.1) is 0 Å². The molecule has 0 bridgehead atoms. The van der Waals surface area contributed by atoms with Crippen molar-refractivity contribution >= 4 is 43.6 Å². The summed E-state index contributed by atoms with van der Waals surface area (Å²) in [5.74, 6) is 0. The highest BCUT2D eigenvalue weighted by Crippen LogP contribution is 2.43. The van der Waals surface area contributed by atoms with E-state index in [-0.39, 0.29) is 0 Å². The molecule has 5 heterocycles. The Bertz CT molecular complexity index is 2420. The standard InChI is InChI=1S/C39H25N5/c1-2-13-27(14-3-1)44-37-29-15-5-4-12-26(29)20-21-31(37)39-38(44)30-16-6-7-19-36(30)43(39)28-24-34(32-17-8-10-22-40-32)42-35(25-28)33-18-9-11-23-41-33/h1-25H. The summed E-state index contributed by atoms with van der Waals surface area (Å²) < 4.78 is 4.83. The van der Waals surface area contributed by atoms with Crippen molar-refractivity contribution in [1.82, 2.24) is 24.1 Å². The first-order valence-corrected chi connectivity index (χ1v) is 14.7. The van der Waals surface area contributed by atoms with Gasteiger partial charge in [0.2, 0.25) is 0 Å². The topological polar surface area (TPSA) is 48.5 Å². The highest BCUT2D eigenvalue weighted by atomic mass is 15.1. The first-order valence-electron chi connectivity index (χ1n) is 14.7. The molecule has 5 nitrogen and oxygen atoms in total. The molecule has 4 aromatic carbocycles. The van der Waals surface area contributed by atoms with Crippen LogP contribution in [0.4, 0.5) is 0 Å². The minimum Gasteiger partial charge on any atom is -0.307 e. The fraction of sp³-hybridized carbons (Fsp3) is 0. The van der Waals surface area contributed by atoms with Crippen molar-refractivity contribution in [3.05, 3.63) is 152 Å². The van der Waals surface area contributed by atoms with Gasteiger partial charge in [0, 0.05) is 34.2 Å². The second-order valence-electron chi connectivity index (χ2n) is 10.9. The third-order valence-corrected chi connectivity index (χ3v) is 8.39. The fourth-order valence-electron chi connectivity index (χ4n) is 6.54. The van der Waals surface area contributed by atoms with Crippen molar-refractivity contribution in [1.29, 1.82) is 0 Å². The Morgan fingerprint density at radius 1 is 0.386 bits per heavy atom. The van der Waals surface area contributed by atoms with Gasteiger partial charge in [0.25, 0.3) is 0 Å². The summed E-state index contributed by atoms with van der Waals surface area (Å²) in [5.41, 5.74) is 10.0. The van der Waals surface area contributed by atoms with Crippen LogP contribution in [0.15, 0.2) is 152 Å². The molecule has 0 saturated heterocycles. The summed E-state index contributed by atoms with van der Waals surface area (Å²) in [6, 6.07) is 48.7. The lowest BCUT2D eigenvalue weighted by molar-refractivity contribution is 1.14. The molecule has 0 radical (unpaired) electrons. The highest BCUT2D eigenvalue weighted by Gasteiger charge is 2.24. The van der Waals surface area contributed by atoms with Crippen LogP contribution in [0.3, 0.4) is 0 Å². The van der Waals surface area contributed by atoms with Crippen LogP contribution in [-0.4, -0.2) is 24.1 Å². The van der Waals surface area contributed by atoms with Gasteiger partial charge in [0.1, 0.15) is 0 Å². The Morgan fingerprint density at radius 3 is 1.70 bits per heavy atom. The molecule has 9 rings (SSSR count). The first kappa shape index (κ1) is 24.5. The molecule has 5 aromatic heterocycles.